The van der Waals surface area contributed by atoms with Gasteiger partial charge in [-0.1, -0.05) is 23.2 Å². The summed E-state index contributed by atoms with van der Waals surface area (Å²) in [5.41, 5.74) is 3.24. The lowest BCUT2D eigenvalue weighted by molar-refractivity contribution is -0.127. The van der Waals surface area contributed by atoms with E-state index in [-0.39, 0.29) is 49.8 Å². The minimum absolute atomic E-state index is 0.00870. The van der Waals surface area contributed by atoms with Crippen LogP contribution in [0.3, 0.4) is 0 Å². The van der Waals surface area contributed by atoms with Crippen LogP contribution in [0.15, 0.2) is 111 Å². The van der Waals surface area contributed by atoms with Crippen LogP contribution in [-0.2, 0) is 25.1 Å². The van der Waals surface area contributed by atoms with Crippen molar-refractivity contribution >= 4 is 127 Å². The molecule has 68 heavy (non-hydrogen) atoms. The number of nitrogens with zero attached hydrogens (tertiary/aromatic N) is 4. The maximum absolute atomic E-state index is 13.4. The smallest absolute Gasteiger partial charge is 0.258 e. The molecule has 0 aliphatic heterocycles. The highest BCUT2D eigenvalue weighted by Crippen LogP contribution is 2.35. The summed E-state index contributed by atoms with van der Waals surface area (Å²) in [7, 11) is 3.03. The Labute approximate surface area is 416 Å². The highest BCUT2D eigenvalue weighted by Gasteiger charge is 2.26. The van der Waals surface area contributed by atoms with E-state index in [0.717, 1.165) is 13.8 Å². The molecule has 5 aromatic carbocycles. The van der Waals surface area contributed by atoms with Gasteiger partial charge in [-0.2, -0.15) is 20.5 Å². The normalized spacial score (nSPS) is 13.0. The van der Waals surface area contributed by atoms with Crippen LogP contribution in [0.2, 0.25) is 10.0 Å². The first-order valence-electron chi connectivity index (χ1n) is 20.3. The van der Waals surface area contributed by atoms with Crippen molar-refractivity contribution in [3.05, 3.63) is 129 Å². The Kier molecular flexibility index (Phi) is 18.6. The van der Waals surface area contributed by atoms with Crippen LogP contribution in [0.1, 0.15) is 75.9 Å². The summed E-state index contributed by atoms with van der Waals surface area (Å²) in [5.74, 6) is -3.12. The van der Waals surface area contributed by atoms with E-state index in [4.69, 9.17) is 67.5 Å². The molecule has 4 amide bonds. The molecule has 4 unspecified atom stereocenters. The second-order valence-corrected chi connectivity index (χ2v) is 17.2. The van der Waals surface area contributed by atoms with Crippen LogP contribution in [0, 0.1) is 0 Å². The van der Waals surface area contributed by atoms with Gasteiger partial charge in [-0.15, -0.1) is 34.8 Å². The fraction of sp³-hybridized carbons (Fsp3) is 0.234. The Balaban J connectivity index is 1.26. The van der Waals surface area contributed by atoms with Crippen molar-refractivity contribution in [3.8, 4) is 11.5 Å². The number of Topliss-reactive ketones (excluding diaryl/α,β-unsaturated/α-hetero) is 2. The van der Waals surface area contributed by atoms with Crippen molar-refractivity contribution in [3.63, 3.8) is 0 Å². The average molecular weight is 1030 g/mol. The van der Waals surface area contributed by atoms with Crippen LogP contribution in [0.25, 0.3) is 0 Å². The summed E-state index contributed by atoms with van der Waals surface area (Å²) in [5, 5.41) is 26.2. The summed E-state index contributed by atoms with van der Waals surface area (Å²) in [6, 6.07) is 19.5. The molecule has 4 N–H and O–H groups in total. The Morgan fingerprint density at radius 3 is 1.37 bits per heavy atom. The number of benzene rings is 5. The van der Waals surface area contributed by atoms with Crippen LogP contribution in [0.4, 0.5) is 34.1 Å². The molecule has 0 aliphatic rings. The number of alkyl halides is 3. The highest BCUT2D eigenvalue weighted by atomic mass is 35.5. The number of methoxy groups -OCH3 is 2. The Bertz CT molecular complexity index is 2820. The lowest BCUT2D eigenvalue weighted by atomic mass is 10.1. The van der Waals surface area contributed by atoms with E-state index in [1.54, 1.807) is 50.2 Å². The summed E-state index contributed by atoms with van der Waals surface area (Å²) < 4.78 is 10.7. The molecule has 5 rings (SSSR count). The van der Waals surface area contributed by atoms with Crippen molar-refractivity contribution in [2.45, 2.75) is 56.4 Å². The molecular weight excluding hydrogens is 982 g/mol. The molecule has 0 aromatic heterocycles. The van der Waals surface area contributed by atoms with Crippen molar-refractivity contribution < 1.29 is 38.2 Å². The summed E-state index contributed by atoms with van der Waals surface area (Å²) in [6.45, 7) is 5.83. The fourth-order valence-electron chi connectivity index (χ4n) is 6.31. The van der Waals surface area contributed by atoms with Gasteiger partial charge >= 0.3 is 0 Å². The molecule has 0 radical (unpaired) electrons. The SMILES string of the molecule is COc1ccc(NC(=O)c2ccc(Cl)c(N=NC(C(C)=O)C(=O)Nc3ccc(NC(=O)C(N=Nc4cc(C(=O)Nc5ccc(OC)c(C(C)Cl)c5)ccc4Cl)C(C)=O)c(CCl)c3)c2)cc1C(C)Cl. The Morgan fingerprint density at radius 1 is 0.559 bits per heavy atom. The number of halogens is 5. The quantitative estimate of drug-likeness (QED) is 0.0353. The van der Waals surface area contributed by atoms with Gasteiger partial charge in [0.15, 0.2) is 11.6 Å². The van der Waals surface area contributed by atoms with Gasteiger partial charge in [0.1, 0.15) is 22.9 Å². The third kappa shape index (κ3) is 13.6. The van der Waals surface area contributed by atoms with Gasteiger partial charge in [-0.05, 0) is 124 Å². The number of anilines is 4. The summed E-state index contributed by atoms with van der Waals surface area (Å²) >= 11 is 31.5. The highest BCUT2D eigenvalue weighted by molar-refractivity contribution is 6.33. The van der Waals surface area contributed by atoms with Crippen LogP contribution >= 0.6 is 58.0 Å². The molecule has 0 heterocycles. The molecule has 0 saturated carbocycles. The van der Waals surface area contributed by atoms with Crippen molar-refractivity contribution in [2.24, 2.45) is 20.5 Å². The van der Waals surface area contributed by atoms with E-state index in [0.29, 0.717) is 39.6 Å². The average Bonchev–Trinajstić information content (AvgIpc) is 3.30. The van der Waals surface area contributed by atoms with Crippen molar-refractivity contribution in [1.29, 1.82) is 0 Å². The zero-order valence-corrected chi connectivity index (χ0v) is 40.9. The number of rotatable bonds is 19. The number of ketones is 2. The number of hydrogen-bond acceptors (Lipinski definition) is 12. The van der Waals surface area contributed by atoms with Gasteiger partial charge in [-0.25, -0.2) is 0 Å². The minimum Gasteiger partial charge on any atom is -0.496 e. The summed E-state index contributed by atoms with van der Waals surface area (Å²) in [4.78, 5) is 78.5. The largest absolute Gasteiger partial charge is 0.496 e. The second kappa shape index (κ2) is 24.0. The first-order chi connectivity index (χ1) is 32.3. The molecule has 0 fully saturated rings. The zero-order chi connectivity index (χ0) is 49.8. The van der Waals surface area contributed by atoms with Gasteiger partial charge in [0, 0.05) is 50.9 Å². The predicted octanol–water partition coefficient (Wildman–Crippen LogP) is 12.2. The van der Waals surface area contributed by atoms with Gasteiger partial charge in [0.2, 0.25) is 12.1 Å². The Morgan fingerprint density at radius 2 is 0.971 bits per heavy atom. The molecule has 0 saturated heterocycles. The third-order valence-electron chi connectivity index (χ3n) is 9.85. The number of amides is 4. The standard InChI is InChI=1S/C47H43Cl5N8O8/c1-23(49)33-20-31(10-15-40(33)67-5)53-44(63)27-7-12-35(51)38(18-27)57-59-42(25(3)61)46(65)55-30-9-14-37(29(17-30)22-48)56-47(66)43(26(4)62)60-58-39-19-28(8-13-36(39)52)45(64)54-32-11-16-41(68-6)34(21-32)24(2)50/h7-21,23-24,42-43H,22H2,1-6H3,(H,53,63)(H,54,64)(H,55,65)(H,56,66). The molecule has 5 aromatic rings. The van der Waals surface area contributed by atoms with Crippen LogP contribution < -0.4 is 30.7 Å². The number of hydrogen-bond donors (Lipinski definition) is 4. The van der Waals surface area contributed by atoms with Gasteiger partial charge in [0.25, 0.3) is 23.6 Å². The maximum atomic E-state index is 13.4. The number of carbonyl (C=O) groups excluding carboxylic acids is 6. The second-order valence-electron chi connectivity index (χ2n) is 14.8. The molecule has 354 valence electrons. The van der Waals surface area contributed by atoms with Gasteiger partial charge < -0.3 is 30.7 Å². The molecule has 4 atom stereocenters. The van der Waals surface area contributed by atoms with Gasteiger partial charge in [0.05, 0.1) is 35.0 Å². The van der Waals surface area contributed by atoms with Crippen LogP contribution in [-0.4, -0.2) is 61.5 Å². The first kappa shape index (κ1) is 52.5. The topological polar surface area (TPSA) is 218 Å². The maximum Gasteiger partial charge on any atom is 0.258 e. The Hall–Kier alpha value is -6.43. The monoisotopic (exact) mass is 1020 g/mol. The van der Waals surface area contributed by atoms with Gasteiger partial charge in [-0.3, -0.25) is 28.8 Å². The molecule has 16 nitrogen and oxygen atoms in total. The number of carbonyl (C=O) groups is 6. The molecule has 0 bridgehead atoms. The zero-order valence-electron chi connectivity index (χ0n) is 37.1. The number of nitrogens with one attached hydrogen (secondary N) is 4. The number of azo groups is 2. The third-order valence-corrected chi connectivity index (χ3v) is 11.2. The molecule has 0 spiro atoms. The first-order valence-corrected chi connectivity index (χ1v) is 22.5. The van der Waals surface area contributed by atoms with E-state index >= 15 is 0 Å². The molecule has 21 heteroatoms. The fourth-order valence-corrected chi connectivity index (χ4v) is 7.18. The van der Waals surface area contributed by atoms with E-state index in [1.807, 2.05) is 0 Å². The van der Waals surface area contributed by atoms with Crippen LogP contribution in [0.5, 0.6) is 11.5 Å². The molecular formula is C47H43Cl5N8O8. The van der Waals surface area contributed by atoms with Crippen molar-refractivity contribution in [2.75, 3.05) is 35.5 Å². The van der Waals surface area contributed by atoms with Crippen molar-refractivity contribution in [1.82, 2.24) is 0 Å². The van der Waals surface area contributed by atoms with E-state index < -0.39 is 58.0 Å². The van der Waals surface area contributed by atoms with E-state index in [1.165, 1.54) is 68.8 Å². The molecule has 0 aliphatic carbocycles. The lowest BCUT2D eigenvalue weighted by Crippen LogP contribution is -2.32. The number of ether oxygens (including phenoxy) is 2. The van der Waals surface area contributed by atoms with E-state index in [9.17, 15) is 28.8 Å². The van der Waals surface area contributed by atoms with E-state index in [2.05, 4.69) is 41.7 Å². The predicted molar refractivity (Wildman–Crippen MR) is 265 cm³/mol. The minimum atomic E-state index is -1.65. The lowest BCUT2D eigenvalue weighted by Gasteiger charge is -2.15. The summed E-state index contributed by atoms with van der Waals surface area (Å²) in [6.07, 6.45) is 0.